The maximum atomic E-state index is 12.8. The molecule has 1 N–H and O–H groups in total. The first-order valence-corrected chi connectivity index (χ1v) is 8.70. The lowest BCUT2D eigenvalue weighted by Crippen LogP contribution is -2.34. The molecule has 0 bridgehead atoms. The van der Waals surface area contributed by atoms with Gasteiger partial charge in [0.2, 0.25) is 0 Å². The molecule has 1 fully saturated rings. The number of ether oxygens (including phenoxy) is 1. The van der Waals surface area contributed by atoms with Gasteiger partial charge >= 0.3 is 11.9 Å². The van der Waals surface area contributed by atoms with Crippen LogP contribution in [0.1, 0.15) is 42.9 Å². The van der Waals surface area contributed by atoms with Gasteiger partial charge < -0.3 is 9.84 Å². The van der Waals surface area contributed by atoms with Crippen molar-refractivity contribution in [2.45, 2.75) is 31.8 Å². The van der Waals surface area contributed by atoms with Gasteiger partial charge in [0.15, 0.2) is 6.10 Å². The van der Waals surface area contributed by atoms with Gasteiger partial charge in [-0.2, -0.15) is 0 Å². The summed E-state index contributed by atoms with van der Waals surface area (Å²) in [6, 6.07) is 19.1. The standard InChI is InChI=1S/C21H22O4/c22-20(23)17-13-7-8-14-18(17)21(24)25-19(15-9-3-1-4-10-15)16-11-5-2-6-12-16/h1-6,9-12,17-19H,7-8,13-14H2,(H,22,23). The van der Waals surface area contributed by atoms with Gasteiger partial charge in [0.05, 0.1) is 11.8 Å². The van der Waals surface area contributed by atoms with Crippen LogP contribution in [-0.2, 0) is 14.3 Å². The second kappa shape index (κ2) is 7.97. The number of carbonyl (C=O) groups is 2. The quantitative estimate of drug-likeness (QED) is 0.830. The fraction of sp³-hybridized carbons (Fsp3) is 0.333. The van der Waals surface area contributed by atoms with Crippen molar-refractivity contribution >= 4 is 11.9 Å². The highest BCUT2D eigenvalue weighted by atomic mass is 16.5. The fourth-order valence-corrected chi connectivity index (χ4v) is 3.50. The van der Waals surface area contributed by atoms with Gasteiger partial charge in [-0.1, -0.05) is 73.5 Å². The summed E-state index contributed by atoms with van der Waals surface area (Å²) in [5.41, 5.74) is 1.76. The molecule has 2 aromatic rings. The molecule has 1 aliphatic carbocycles. The van der Waals surface area contributed by atoms with Crippen LogP contribution in [0.25, 0.3) is 0 Å². The van der Waals surface area contributed by atoms with Gasteiger partial charge in [0.25, 0.3) is 0 Å². The Morgan fingerprint density at radius 1 is 0.840 bits per heavy atom. The van der Waals surface area contributed by atoms with Gasteiger partial charge in [0, 0.05) is 0 Å². The van der Waals surface area contributed by atoms with Gasteiger partial charge in [-0.3, -0.25) is 9.59 Å². The van der Waals surface area contributed by atoms with Crippen molar-refractivity contribution in [3.8, 4) is 0 Å². The van der Waals surface area contributed by atoms with Gasteiger partial charge in [-0.15, -0.1) is 0 Å². The molecule has 0 aromatic heterocycles. The van der Waals surface area contributed by atoms with E-state index in [1.165, 1.54) is 0 Å². The topological polar surface area (TPSA) is 63.6 Å². The Balaban J connectivity index is 1.85. The van der Waals surface area contributed by atoms with E-state index in [9.17, 15) is 14.7 Å². The van der Waals surface area contributed by atoms with Crippen LogP contribution in [0.5, 0.6) is 0 Å². The lowest BCUT2D eigenvalue weighted by Gasteiger charge is -2.29. The lowest BCUT2D eigenvalue weighted by atomic mass is 9.79. The third kappa shape index (κ3) is 4.08. The van der Waals surface area contributed by atoms with Crippen LogP contribution in [-0.4, -0.2) is 17.0 Å². The zero-order valence-corrected chi connectivity index (χ0v) is 14.0. The minimum atomic E-state index is -0.905. The van der Waals surface area contributed by atoms with Crippen LogP contribution in [0.4, 0.5) is 0 Å². The molecule has 0 saturated heterocycles. The number of hydrogen-bond donors (Lipinski definition) is 1. The number of carboxylic acid groups (broad SMARTS) is 1. The highest BCUT2D eigenvalue weighted by molar-refractivity contribution is 5.81. The van der Waals surface area contributed by atoms with Crippen LogP contribution in [0.2, 0.25) is 0 Å². The zero-order valence-electron chi connectivity index (χ0n) is 14.0. The Hall–Kier alpha value is -2.62. The summed E-state index contributed by atoms with van der Waals surface area (Å²) in [6.07, 6.45) is 2.31. The van der Waals surface area contributed by atoms with Gasteiger partial charge in [-0.25, -0.2) is 0 Å². The molecular formula is C21H22O4. The molecule has 0 aliphatic heterocycles. The number of hydrogen-bond acceptors (Lipinski definition) is 3. The molecule has 4 nitrogen and oxygen atoms in total. The van der Waals surface area contributed by atoms with E-state index in [-0.39, 0.29) is 0 Å². The Morgan fingerprint density at radius 2 is 1.32 bits per heavy atom. The molecule has 2 unspecified atom stereocenters. The van der Waals surface area contributed by atoms with Crippen molar-refractivity contribution in [3.05, 3.63) is 71.8 Å². The Kier molecular flexibility index (Phi) is 5.49. The summed E-state index contributed by atoms with van der Waals surface area (Å²) < 4.78 is 5.84. The molecule has 1 aliphatic rings. The molecule has 0 spiro atoms. The van der Waals surface area contributed by atoms with E-state index in [1.807, 2.05) is 60.7 Å². The Labute approximate surface area is 147 Å². The molecule has 130 valence electrons. The van der Waals surface area contributed by atoms with Crippen LogP contribution >= 0.6 is 0 Å². The number of carbonyl (C=O) groups excluding carboxylic acids is 1. The molecular weight excluding hydrogens is 316 g/mol. The van der Waals surface area contributed by atoms with Crippen molar-refractivity contribution in [2.24, 2.45) is 11.8 Å². The number of rotatable bonds is 5. The lowest BCUT2D eigenvalue weighted by molar-refractivity contribution is -0.162. The second-order valence-electron chi connectivity index (χ2n) is 6.47. The van der Waals surface area contributed by atoms with Crippen molar-refractivity contribution < 1.29 is 19.4 Å². The molecule has 3 rings (SSSR count). The summed E-state index contributed by atoms with van der Waals surface area (Å²) in [5.74, 6) is -2.53. The summed E-state index contributed by atoms with van der Waals surface area (Å²) >= 11 is 0. The number of aliphatic carboxylic acids is 1. The average molecular weight is 338 g/mol. The summed E-state index contributed by atoms with van der Waals surface area (Å²) in [5, 5.41) is 9.42. The maximum Gasteiger partial charge on any atom is 0.310 e. The number of esters is 1. The van der Waals surface area contributed by atoms with Crippen LogP contribution in [0, 0.1) is 11.8 Å². The fourth-order valence-electron chi connectivity index (χ4n) is 3.50. The minimum absolute atomic E-state index is 0.412. The number of benzene rings is 2. The van der Waals surface area contributed by atoms with Gasteiger partial charge in [0.1, 0.15) is 0 Å². The summed E-state index contributed by atoms with van der Waals surface area (Å²) in [7, 11) is 0. The molecule has 0 amide bonds. The first kappa shape index (κ1) is 17.2. The Morgan fingerprint density at radius 3 is 1.80 bits per heavy atom. The van der Waals surface area contributed by atoms with Crippen LogP contribution < -0.4 is 0 Å². The molecule has 4 heteroatoms. The van der Waals surface area contributed by atoms with E-state index >= 15 is 0 Å². The van der Waals surface area contributed by atoms with Gasteiger partial charge in [-0.05, 0) is 24.0 Å². The predicted molar refractivity (Wildman–Crippen MR) is 93.9 cm³/mol. The zero-order chi connectivity index (χ0) is 17.6. The molecule has 0 radical (unpaired) electrons. The van der Waals surface area contributed by atoms with Crippen molar-refractivity contribution in [1.82, 2.24) is 0 Å². The van der Waals surface area contributed by atoms with Crippen molar-refractivity contribution in [2.75, 3.05) is 0 Å². The van der Waals surface area contributed by atoms with Crippen molar-refractivity contribution in [3.63, 3.8) is 0 Å². The first-order chi connectivity index (χ1) is 12.2. The van der Waals surface area contributed by atoms with E-state index in [1.54, 1.807) is 0 Å². The summed E-state index contributed by atoms with van der Waals surface area (Å²) in [6.45, 7) is 0. The van der Waals surface area contributed by atoms with Crippen molar-refractivity contribution in [1.29, 1.82) is 0 Å². The van der Waals surface area contributed by atoms with E-state index in [2.05, 4.69) is 0 Å². The van der Waals surface area contributed by atoms with E-state index in [0.717, 1.165) is 24.0 Å². The highest BCUT2D eigenvalue weighted by Crippen LogP contribution is 2.34. The second-order valence-corrected chi connectivity index (χ2v) is 6.47. The van der Waals surface area contributed by atoms with Crippen LogP contribution in [0.15, 0.2) is 60.7 Å². The third-order valence-electron chi connectivity index (χ3n) is 4.82. The predicted octanol–water partition coefficient (Wildman–Crippen LogP) is 4.21. The SMILES string of the molecule is O=C(O)C1CCCCC1C(=O)OC(c1ccccc1)c1ccccc1. The molecule has 0 heterocycles. The first-order valence-electron chi connectivity index (χ1n) is 8.70. The normalized spacial score (nSPS) is 20.2. The van der Waals surface area contributed by atoms with E-state index in [0.29, 0.717) is 12.8 Å². The Bertz CT molecular complexity index is 672. The van der Waals surface area contributed by atoms with E-state index in [4.69, 9.17) is 4.74 Å². The third-order valence-corrected chi connectivity index (χ3v) is 4.82. The smallest absolute Gasteiger partial charge is 0.310 e. The molecule has 2 aromatic carbocycles. The monoisotopic (exact) mass is 338 g/mol. The average Bonchev–Trinajstić information content (AvgIpc) is 2.67. The molecule has 25 heavy (non-hydrogen) atoms. The van der Waals surface area contributed by atoms with Crippen LogP contribution in [0.3, 0.4) is 0 Å². The maximum absolute atomic E-state index is 12.8. The number of carboxylic acids is 1. The molecule has 2 atom stereocenters. The summed E-state index contributed by atoms with van der Waals surface area (Å²) in [4.78, 5) is 24.3. The largest absolute Gasteiger partial charge is 0.481 e. The molecule has 1 saturated carbocycles. The minimum Gasteiger partial charge on any atom is -0.481 e. The highest BCUT2D eigenvalue weighted by Gasteiger charge is 2.38. The van der Waals surface area contributed by atoms with E-state index < -0.39 is 29.9 Å².